The standard InChI is InChI=1S/C10H16O4/c1-10(2)13-7-4-6(9(11)12-3)5-8(7)14-10/h6-8H,4-5H2,1-3H3. The van der Waals surface area contributed by atoms with Gasteiger partial charge in [-0.1, -0.05) is 0 Å². The zero-order valence-electron chi connectivity index (χ0n) is 8.78. The van der Waals surface area contributed by atoms with Crippen LogP contribution in [0.25, 0.3) is 0 Å². The van der Waals surface area contributed by atoms with E-state index in [9.17, 15) is 4.79 Å². The zero-order valence-corrected chi connectivity index (χ0v) is 8.78. The number of carbonyl (C=O) groups is 1. The fourth-order valence-electron chi connectivity index (χ4n) is 2.32. The van der Waals surface area contributed by atoms with Crippen LogP contribution < -0.4 is 0 Å². The first-order valence-electron chi connectivity index (χ1n) is 4.95. The van der Waals surface area contributed by atoms with Gasteiger partial charge in [0.25, 0.3) is 0 Å². The van der Waals surface area contributed by atoms with Crippen molar-refractivity contribution in [3.63, 3.8) is 0 Å². The molecule has 0 aromatic rings. The minimum absolute atomic E-state index is 0.0499. The first-order valence-corrected chi connectivity index (χ1v) is 4.95. The van der Waals surface area contributed by atoms with Gasteiger partial charge in [0, 0.05) is 0 Å². The Morgan fingerprint density at radius 3 is 2.21 bits per heavy atom. The maximum atomic E-state index is 11.3. The Morgan fingerprint density at radius 1 is 1.29 bits per heavy atom. The third-order valence-electron chi connectivity index (χ3n) is 2.85. The fourth-order valence-corrected chi connectivity index (χ4v) is 2.32. The van der Waals surface area contributed by atoms with Crippen molar-refractivity contribution in [3.05, 3.63) is 0 Å². The molecule has 1 saturated carbocycles. The van der Waals surface area contributed by atoms with E-state index in [0.29, 0.717) is 0 Å². The summed E-state index contributed by atoms with van der Waals surface area (Å²) in [6.07, 6.45) is 1.57. The summed E-state index contributed by atoms with van der Waals surface area (Å²) >= 11 is 0. The van der Waals surface area contributed by atoms with Crippen molar-refractivity contribution in [1.29, 1.82) is 0 Å². The summed E-state index contributed by atoms with van der Waals surface area (Å²) in [6.45, 7) is 3.80. The number of carbonyl (C=O) groups excluding carboxylic acids is 1. The second-order valence-electron chi connectivity index (χ2n) is 4.40. The lowest BCUT2D eigenvalue weighted by atomic mass is 10.1. The molecule has 4 nitrogen and oxygen atoms in total. The molecule has 1 aliphatic carbocycles. The summed E-state index contributed by atoms with van der Waals surface area (Å²) in [5, 5.41) is 0. The van der Waals surface area contributed by atoms with Gasteiger partial charge in [-0.25, -0.2) is 0 Å². The van der Waals surface area contributed by atoms with Crippen molar-refractivity contribution in [2.24, 2.45) is 5.92 Å². The number of rotatable bonds is 1. The molecule has 0 aromatic carbocycles. The highest BCUT2D eigenvalue weighted by Crippen LogP contribution is 2.41. The fraction of sp³-hybridized carbons (Fsp3) is 0.900. The Hall–Kier alpha value is -0.610. The Morgan fingerprint density at radius 2 is 1.79 bits per heavy atom. The minimum atomic E-state index is -0.490. The second-order valence-corrected chi connectivity index (χ2v) is 4.40. The zero-order chi connectivity index (χ0) is 10.3. The number of hydrogen-bond acceptors (Lipinski definition) is 4. The molecule has 0 N–H and O–H groups in total. The van der Waals surface area contributed by atoms with Gasteiger partial charge in [-0.05, 0) is 26.7 Å². The summed E-state index contributed by atoms with van der Waals surface area (Å²) in [6, 6.07) is 0. The third-order valence-corrected chi connectivity index (χ3v) is 2.85. The monoisotopic (exact) mass is 200 g/mol. The quantitative estimate of drug-likeness (QED) is 0.594. The Kier molecular flexibility index (Phi) is 2.27. The average molecular weight is 200 g/mol. The Labute approximate surface area is 83.5 Å². The van der Waals surface area contributed by atoms with Crippen molar-refractivity contribution < 1.29 is 19.0 Å². The van der Waals surface area contributed by atoms with Crippen LogP contribution in [-0.2, 0) is 19.0 Å². The van der Waals surface area contributed by atoms with Gasteiger partial charge < -0.3 is 14.2 Å². The lowest BCUT2D eigenvalue weighted by Gasteiger charge is -2.19. The van der Waals surface area contributed by atoms with Crippen LogP contribution in [0.2, 0.25) is 0 Å². The molecule has 4 heteroatoms. The van der Waals surface area contributed by atoms with Gasteiger partial charge in [0.2, 0.25) is 0 Å². The summed E-state index contributed by atoms with van der Waals surface area (Å²) in [4.78, 5) is 11.3. The van der Waals surface area contributed by atoms with Gasteiger partial charge in [0.05, 0.1) is 25.2 Å². The molecular weight excluding hydrogens is 184 g/mol. The third kappa shape index (κ3) is 1.64. The van der Waals surface area contributed by atoms with E-state index in [2.05, 4.69) is 0 Å². The molecule has 14 heavy (non-hydrogen) atoms. The molecule has 1 heterocycles. The highest BCUT2D eigenvalue weighted by Gasteiger charge is 2.49. The largest absolute Gasteiger partial charge is 0.469 e. The van der Waals surface area contributed by atoms with Gasteiger partial charge in [-0.3, -0.25) is 4.79 Å². The van der Waals surface area contributed by atoms with Crippen molar-refractivity contribution in [3.8, 4) is 0 Å². The molecule has 2 fully saturated rings. The maximum absolute atomic E-state index is 11.3. The Balaban J connectivity index is 1.97. The molecule has 2 rings (SSSR count). The van der Waals surface area contributed by atoms with Gasteiger partial charge in [-0.2, -0.15) is 0 Å². The van der Waals surface area contributed by atoms with E-state index in [1.165, 1.54) is 7.11 Å². The van der Waals surface area contributed by atoms with Crippen LogP contribution in [0.15, 0.2) is 0 Å². The van der Waals surface area contributed by atoms with E-state index >= 15 is 0 Å². The predicted octanol–water partition coefficient (Wildman–Crippen LogP) is 1.09. The lowest BCUT2D eigenvalue weighted by molar-refractivity contribution is -0.162. The first-order chi connectivity index (χ1) is 6.52. The predicted molar refractivity (Wildman–Crippen MR) is 48.6 cm³/mol. The highest BCUT2D eigenvalue weighted by atomic mass is 16.8. The van der Waals surface area contributed by atoms with Crippen molar-refractivity contribution in [1.82, 2.24) is 0 Å². The molecule has 2 aliphatic rings. The van der Waals surface area contributed by atoms with E-state index in [1.54, 1.807) is 0 Å². The molecular formula is C10H16O4. The topological polar surface area (TPSA) is 44.8 Å². The van der Waals surface area contributed by atoms with E-state index in [-0.39, 0.29) is 24.1 Å². The molecule has 0 aromatic heterocycles. The van der Waals surface area contributed by atoms with E-state index in [0.717, 1.165) is 12.8 Å². The van der Waals surface area contributed by atoms with Crippen LogP contribution in [0.4, 0.5) is 0 Å². The molecule has 2 unspecified atom stereocenters. The molecule has 1 aliphatic heterocycles. The molecule has 2 atom stereocenters. The van der Waals surface area contributed by atoms with Crippen molar-refractivity contribution >= 4 is 5.97 Å². The van der Waals surface area contributed by atoms with Crippen molar-refractivity contribution in [2.45, 2.75) is 44.7 Å². The molecule has 0 radical (unpaired) electrons. The van der Waals surface area contributed by atoms with E-state index < -0.39 is 5.79 Å². The Bertz CT molecular complexity index is 233. The van der Waals surface area contributed by atoms with Crippen LogP contribution in [0.3, 0.4) is 0 Å². The van der Waals surface area contributed by atoms with Crippen LogP contribution in [-0.4, -0.2) is 31.1 Å². The first kappa shape index (κ1) is 9.93. The lowest BCUT2D eigenvalue weighted by Crippen LogP contribution is -2.24. The van der Waals surface area contributed by atoms with Crippen LogP contribution in [0.5, 0.6) is 0 Å². The highest BCUT2D eigenvalue weighted by molar-refractivity contribution is 5.72. The SMILES string of the molecule is COC(=O)C1CC2OC(C)(C)OC2C1. The van der Waals surface area contributed by atoms with E-state index in [4.69, 9.17) is 14.2 Å². The number of methoxy groups -OCH3 is 1. The summed E-state index contributed by atoms with van der Waals surface area (Å²) in [7, 11) is 1.42. The van der Waals surface area contributed by atoms with Crippen molar-refractivity contribution in [2.75, 3.05) is 7.11 Å². The van der Waals surface area contributed by atoms with E-state index in [1.807, 2.05) is 13.8 Å². The van der Waals surface area contributed by atoms with Crippen LogP contribution in [0, 0.1) is 5.92 Å². The minimum Gasteiger partial charge on any atom is -0.469 e. The van der Waals surface area contributed by atoms with Gasteiger partial charge in [-0.15, -0.1) is 0 Å². The second kappa shape index (κ2) is 3.21. The van der Waals surface area contributed by atoms with Crippen LogP contribution >= 0.6 is 0 Å². The van der Waals surface area contributed by atoms with Gasteiger partial charge in [0.1, 0.15) is 0 Å². The average Bonchev–Trinajstić information content (AvgIpc) is 2.56. The van der Waals surface area contributed by atoms with Crippen LogP contribution in [0.1, 0.15) is 26.7 Å². The molecule has 0 bridgehead atoms. The smallest absolute Gasteiger partial charge is 0.308 e. The summed E-state index contributed by atoms with van der Waals surface area (Å²) < 4.78 is 16.0. The number of fused-ring (bicyclic) bond motifs is 1. The molecule has 80 valence electrons. The van der Waals surface area contributed by atoms with Gasteiger partial charge in [0.15, 0.2) is 5.79 Å². The normalized spacial score (nSPS) is 39.5. The maximum Gasteiger partial charge on any atom is 0.308 e. The number of ether oxygens (including phenoxy) is 3. The molecule has 1 saturated heterocycles. The number of esters is 1. The number of hydrogen-bond donors (Lipinski definition) is 0. The summed E-state index contributed by atoms with van der Waals surface area (Å²) in [5.41, 5.74) is 0. The molecule has 0 spiro atoms. The summed E-state index contributed by atoms with van der Waals surface area (Å²) in [5.74, 6) is -0.688. The van der Waals surface area contributed by atoms with Gasteiger partial charge >= 0.3 is 5.97 Å². The molecule has 0 amide bonds.